The maximum Gasteiger partial charge on any atom is 0.264 e. The Labute approximate surface area is 202 Å². The lowest BCUT2D eigenvalue weighted by molar-refractivity contribution is -0.119. The largest absolute Gasteiger partial charge is 0.491 e. The van der Waals surface area contributed by atoms with Crippen molar-refractivity contribution < 1.29 is 17.9 Å². The highest BCUT2D eigenvalue weighted by atomic mass is 127. The van der Waals surface area contributed by atoms with Crippen LogP contribution in [-0.4, -0.2) is 27.0 Å². The summed E-state index contributed by atoms with van der Waals surface area (Å²) in [6, 6.07) is 22.6. The molecule has 0 heterocycles. The average molecular weight is 564 g/mol. The van der Waals surface area contributed by atoms with Gasteiger partial charge in [0.25, 0.3) is 10.0 Å². The van der Waals surface area contributed by atoms with E-state index in [9.17, 15) is 13.2 Å². The van der Waals surface area contributed by atoms with Crippen LogP contribution in [-0.2, 0) is 21.4 Å². The number of sulfonamides is 1. The fourth-order valence-electron chi connectivity index (χ4n) is 2.99. The van der Waals surface area contributed by atoms with Gasteiger partial charge >= 0.3 is 0 Å². The molecule has 8 heteroatoms. The standard InChI is InChI=1S/C24H25IN2O4S/c1-18(2)31-22-14-8-19(9-15-22)16-26-24(28)17-27(21-12-10-20(25)11-13-21)32(29,30)23-6-4-3-5-7-23/h3-15,18H,16-17H2,1-2H3,(H,26,28). The second-order valence-corrected chi connectivity index (χ2v) is 10.5. The zero-order valence-corrected chi connectivity index (χ0v) is 20.8. The first-order chi connectivity index (χ1) is 15.3. The van der Waals surface area contributed by atoms with E-state index in [1.165, 1.54) is 12.1 Å². The third-order valence-electron chi connectivity index (χ3n) is 4.52. The van der Waals surface area contributed by atoms with Gasteiger partial charge in [0.15, 0.2) is 0 Å². The monoisotopic (exact) mass is 564 g/mol. The Kier molecular flexibility index (Phi) is 8.14. The summed E-state index contributed by atoms with van der Waals surface area (Å²) in [7, 11) is -3.91. The van der Waals surface area contributed by atoms with Gasteiger partial charge < -0.3 is 10.1 Å². The SMILES string of the molecule is CC(C)Oc1ccc(CNC(=O)CN(c2ccc(I)cc2)S(=O)(=O)c2ccccc2)cc1. The quantitative estimate of drug-likeness (QED) is 0.386. The lowest BCUT2D eigenvalue weighted by Gasteiger charge is -2.24. The van der Waals surface area contributed by atoms with Crippen LogP contribution < -0.4 is 14.4 Å². The van der Waals surface area contributed by atoms with E-state index in [-0.39, 0.29) is 24.1 Å². The Bertz CT molecular complexity index is 1130. The van der Waals surface area contributed by atoms with Crippen LogP contribution in [0.5, 0.6) is 5.75 Å². The van der Waals surface area contributed by atoms with Crippen LogP contribution in [0.3, 0.4) is 0 Å². The van der Waals surface area contributed by atoms with Crippen molar-refractivity contribution in [1.29, 1.82) is 0 Å². The van der Waals surface area contributed by atoms with Crippen molar-refractivity contribution in [2.45, 2.75) is 31.4 Å². The fraction of sp³-hybridized carbons (Fsp3) is 0.208. The first-order valence-electron chi connectivity index (χ1n) is 10.1. The third-order valence-corrected chi connectivity index (χ3v) is 7.03. The Hall–Kier alpha value is -2.59. The van der Waals surface area contributed by atoms with Crippen molar-refractivity contribution in [3.63, 3.8) is 0 Å². The van der Waals surface area contributed by atoms with E-state index in [4.69, 9.17) is 4.74 Å². The van der Waals surface area contributed by atoms with E-state index in [2.05, 4.69) is 27.9 Å². The van der Waals surface area contributed by atoms with Crippen LogP contribution in [0.2, 0.25) is 0 Å². The van der Waals surface area contributed by atoms with E-state index >= 15 is 0 Å². The summed E-state index contributed by atoms with van der Waals surface area (Å²) in [6.07, 6.45) is 0.0827. The molecule has 168 valence electrons. The lowest BCUT2D eigenvalue weighted by Crippen LogP contribution is -2.40. The molecule has 1 N–H and O–H groups in total. The molecule has 3 aromatic rings. The van der Waals surface area contributed by atoms with Gasteiger partial charge in [-0.3, -0.25) is 9.10 Å². The van der Waals surface area contributed by atoms with E-state index in [1.54, 1.807) is 30.3 Å². The Morgan fingerprint density at radius 1 is 0.969 bits per heavy atom. The molecule has 0 saturated heterocycles. The second kappa shape index (κ2) is 10.8. The zero-order chi connectivity index (χ0) is 23.1. The molecule has 32 heavy (non-hydrogen) atoms. The first-order valence-corrected chi connectivity index (χ1v) is 12.6. The van der Waals surface area contributed by atoms with Crippen molar-refractivity contribution in [2.24, 2.45) is 0 Å². The molecule has 1 amide bonds. The topological polar surface area (TPSA) is 75.7 Å². The van der Waals surface area contributed by atoms with E-state index in [1.807, 2.05) is 50.2 Å². The van der Waals surface area contributed by atoms with E-state index in [0.717, 1.165) is 19.2 Å². The molecule has 0 spiro atoms. The third kappa shape index (κ3) is 6.46. The number of carbonyl (C=O) groups excluding carboxylic acids is 1. The minimum Gasteiger partial charge on any atom is -0.491 e. The summed E-state index contributed by atoms with van der Waals surface area (Å²) >= 11 is 2.15. The van der Waals surface area contributed by atoms with Crippen LogP contribution in [0.1, 0.15) is 19.4 Å². The molecule has 0 aliphatic rings. The molecular formula is C24H25IN2O4S. The number of benzene rings is 3. The number of ether oxygens (including phenoxy) is 1. The molecule has 3 rings (SSSR count). The predicted octanol–water partition coefficient (Wildman–Crippen LogP) is 4.59. The first kappa shape index (κ1) is 24.1. The van der Waals surface area contributed by atoms with Gasteiger partial charge in [0.05, 0.1) is 16.7 Å². The number of carbonyl (C=O) groups is 1. The number of nitrogens with one attached hydrogen (secondary N) is 1. The summed E-state index contributed by atoms with van der Waals surface area (Å²) in [5, 5.41) is 2.81. The molecule has 0 radical (unpaired) electrons. The maximum absolute atomic E-state index is 13.3. The fourth-order valence-corrected chi connectivity index (χ4v) is 4.79. The number of hydrogen-bond acceptors (Lipinski definition) is 4. The highest BCUT2D eigenvalue weighted by molar-refractivity contribution is 14.1. The summed E-state index contributed by atoms with van der Waals surface area (Å²) in [6.45, 7) is 3.87. The number of amides is 1. The van der Waals surface area contributed by atoms with Gasteiger partial charge in [-0.2, -0.15) is 0 Å². The van der Waals surface area contributed by atoms with Gasteiger partial charge in [-0.25, -0.2) is 8.42 Å². The van der Waals surface area contributed by atoms with Gasteiger partial charge in [-0.05, 0) is 90.5 Å². The van der Waals surface area contributed by atoms with E-state index in [0.29, 0.717) is 5.69 Å². The second-order valence-electron chi connectivity index (χ2n) is 7.39. The highest BCUT2D eigenvalue weighted by Crippen LogP contribution is 2.24. The molecule has 0 fully saturated rings. The van der Waals surface area contributed by atoms with E-state index < -0.39 is 15.9 Å². The number of anilines is 1. The molecular weight excluding hydrogens is 539 g/mol. The lowest BCUT2D eigenvalue weighted by atomic mass is 10.2. The molecule has 6 nitrogen and oxygen atoms in total. The van der Waals surface area contributed by atoms with Crippen molar-refractivity contribution in [3.8, 4) is 5.75 Å². The van der Waals surface area contributed by atoms with Crippen molar-refractivity contribution in [3.05, 3.63) is 88.0 Å². The molecule has 3 aromatic carbocycles. The smallest absolute Gasteiger partial charge is 0.264 e. The van der Waals surface area contributed by atoms with Crippen molar-refractivity contribution in [1.82, 2.24) is 5.32 Å². The molecule has 0 aliphatic carbocycles. The highest BCUT2D eigenvalue weighted by Gasteiger charge is 2.27. The minimum absolute atomic E-state index is 0.0827. The molecule has 0 aliphatic heterocycles. The van der Waals surface area contributed by atoms with Gasteiger partial charge in [0.1, 0.15) is 12.3 Å². The average Bonchev–Trinajstić information content (AvgIpc) is 2.78. The maximum atomic E-state index is 13.3. The zero-order valence-electron chi connectivity index (χ0n) is 17.9. The summed E-state index contributed by atoms with van der Waals surface area (Å²) in [4.78, 5) is 12.8. The van der Waals surface area contributed by atoms with Crippen LogP contribution in [0.15, 0.2) is 83.8 Å². The predicted molar refractivity (Wildman–Crippen MR) is 134 cm³/mol. The summed E-state index contributed by atoms with van der Waals surface area (Å²) in [5.74, 6) is 0.361. The van der Waals surface area contributed by atoms with Crippen molar-refractivity contribution in [2.75, 3.05) is 10.8 Å². The van der Waals surface area contributed by atoms with Gasteiger partial charge in [0, 0.05) is 10.1 Å². The Balaban J connectivity index is 1.74. The van der Waals surface area contributed by atoms with Crippen LogP contribution in [0, 0.1) is 3.57 Å². The Morgan fingerprint density at radius 3 is 2.19 bits per heavy atom. The number of rotatable bonds is 9. The molecule has 0 saturated carbocycles. The number of hydrogen-bond donors (Lipinski definition) is 1. The van der Waals surface area contributed by atoms with Gasteiger partial charge in [-0.1, -0.05) is 30.3 Å². The normalized spacial score (nSPS) is 11.2. The number of halogens is 1. The molecule has 0 bridgehead atoms. The molecule has 0 unspecified atom stereocenters. The van der Waals surface area contributed by atoms with Crippen LogP contribution in [0.25, 0.3) is 0 Å². The van der Waals surface area contributed by atoms with Gasteiger partial charge in [0.2, 0.25) is 5.91 Å². The van der Waals surface area contributed by atoms with Crippen LogP contribution >= 0.6 is 22.6 Å². The summed E-state index contributed by atoms with van der Waals surface area (Å²) < 4.78 is 34.3. The number of nitrogens with zero attached hydrogens (tertiary/aromatic N) is 1. The Morgan fingerprint density at radius 2 is 1.59 bits per heavy atom. The summed E-state index contributed by atoms with van der Waals surface area (Å²) in [5.41, 5.74) is 1.32. The molecule has 0 aromatic heterocycles. The molecule has 0 atom stereocenters. The van der Waals surface area contributed by atoms with Crippen molar-refractivity contribution >= 4 is 44.2 Å². The van der Waals surface area contributed by atoms with Crippen LogP contribution in [0.4, 0.5) is 5.69 Å². The minimum atomic E-state index is -3.91. The van der Waals surface area contributed by atoms with Gasteiger partial charge in [-0.15, -0.1) is 0 Å².